The predicted octanol–water partition coefficient (Wildman–Crippen LogP) is 2.30. The van der Waals surface area contributed by atoms with Crippen molar-refractivity contribution in [3.8, 4) is 6.07 Å². The zero-order chi connectivity index (χ0) is 13.1. The normalized spacial score (nSPS) is 19.0. The van der Waals surface area contributed by atoms with Crippen LogP contribution in [0.2, 0.25) is 0 Å². The number of aryl methyl sites for hydroxylation is 3. The summed E-state index contributed by atoms with van der Waals surface area (Å²) in [6, 6.07) is 7.10. The number of anilines is 1. The first-order valence-electron chi connectivity index (χ1n) is 6.55. The summed E-state index contributed by atoms with van der Waals surface area (Å²) in [5, 5.41) is 11.9. The van der Waals surface area contributed by atoms with E-state index in [0.29, 0.717) is 12.6 Å². The van der Waals surface area contributed by atoms with E-state index >= 15 is 0 Å². The van der Waals surface area contributed by atoms with Gasteiger partial charge in [0.2, 0.25) is 0 Å². The first-order chi connectivity index (χ1) is 8.61. The largest absolute Gasteiger partial charge is 0.369 e. The van der Waals surface area contributed by atoms with E-state index in [-0.39, 0.29) is 0 Å². The Labute approximate surface area is 109 Å². The molecule has 96 valence electrons. The molecule has 1 fully saturated rings. The summed E-state index contributed by atoms with van der Waals surface area (Å²) in [5.74, 6) is 0. The third-order valence-corrected chi connectivity index (χ3v) is 3.61. The third-order valence-electron chi connectivity index (χ3n) is 3.61. The number of hydrogen-bond acceptors (Lipinski definition) is 3. The van der Waals surface area contributed by atoms with Crippen LogP contribution in [0.15, 0.2) is 12.1 Å². The molecule has 1 heterocycles. The van der Waals surface area contributed by atoms with E-state index in [4.69, 9.17) is 5.26 Å². The first kappa shape index (κ1) is 12.9. The summed E-state index contributed by atoms with van der Waals surface area (Å²) < 4.78 is 0. The highest BCUT2D eigenvalue weighted by Crippen LogP contribution is 2.29. The number of nitrogens with zero attached hydrogens (tertiary/aromatic N) is 2. The van der Waals surface area contributed by atoms with Crippen LogP contribution >= 0.6 is 0 Å². The molecule has 1 N–H and O–H groups in total. The zero-order valence-electron chi connectivity index (χ0n) is 11.5. The minimum absolute atomic E-state index is 0.449. The molecule has 1 aliphatic heterocycles. The van der Waals surface area contributed by atoms with Gasteiger partial charge in [-0.2, -0.15) is 5.26 Å². The Morgan fingerprint density at radius 2 is 2.00 bits per heavy atom. The van der Waals surface area contributed by atoms with E-state index in [2.05, 4.69) is 49.2 Å². The quantitative estimate of drug-likeness (QED) is 0.828. The van der Waals surface area contributed by atoms with Gasteiger partial charge >= 0.3 is 0 Å². The Morgan fingerprint density at radius 1 is 1.33 bits per heavy atom. The molecule has 0 radical (unpaired) electrons. The standard InChI is InChI=1S/C15H21N3/c1-11-8-12(2)15(13(3)9-11)18-7-4-14(10-18)17-6-5-16/h8-9,14,17H,4,6-7,10H2,1-3H3. The number of nitrogens with one attached hydrogen (secondary N) is 1. The Hall–Kier alpha value is -1.53. The SMILES string of the molecule is Cc1cc(C)c(N2CCC(NCC#N)C2)c(C)c1. The van der Waals surface area contributed by atoms with Crippen LogP contribution in [-0.2, 0) is 0 Å². The van der Waals surface area contributed by atoms with Gasteiger partial charge in [0.1, 0.15) is 0 Å². The average molecular weight is 243 g/mol. The number of nitriles is 1. The smallest absolute Gasteiger partial charge is 0.0843 e. The second kappa shape index (κ2) is 5.41. The lowest BCUT2D eigenvalue weighted by atomic mass is 10.0. The molecule has 0 spiro atoms. The molecular formula is C15H21N3. The Bertz CT molecular complexity index is 450. The molecule has 0 bridgehead atoms. The molecule has 1 aromatic carbocycles. The molecular weight excluding hydrogens is 222 g/mol. The maximum Gasteiger partial charge on any atom is 0.0843 e. The highest BCUT2D eigenvalue weighted by Gasteiger charge is 2.24. The molecule has 1 saturated heterocycles. The van der Waals surface area contributed by atoms with Crippen LogP contribution in [0.3, 0.4) is 0 Å². The molecule has 1 aliphatic rings. The van der Waals surface area contributed by atoms with Crippen molar-refractivity contribution in [3.63, 3.8) is 0 Å². The van der Waals surface area contributed by atoms with Gasteiger partial charge in [0, 0.05) is 24.8 Å². The van der Waals surface area contributed by atoms with Crippen molar-refractivity contribution in [2.45, 2.75) is 33.2 Å². The minimum atomic E-state index is 0.449. The van der Waals surface area contributed by atoms with E-state index in [1.165, 1.54) is 22.4 Å². The van der Waals surface area contributed by atoms with Crippen molar-refractivity contribution in [1.82, 2.24) is 5.32 Å². The summed E-state index contributed by atoms with van der Waals surface area (Å²) in [7, 11) is 0. The van der Waals surface area contributed by atoms with Gasteiger partial charge in [-0.3, -0.25) is 5.32 Å². The molecule has 0 saturated carbocycles. The fourth-order valence-electron chi connectivity index (χ4n) is 2.99. The van der Waals surface area contributed by atoms with Gasteiger partial charge in [0.15, 0.2) is 0 Å². The lowest BCUT2D eigenvalue weighted by Crippen LogP contribution is -2.33. The summed E-state index contributed by atoms with van der Waals surface area (Å²) in [4.78, 5) is 2.44. The van der Waals surface area contributed by atoms with Gasteiger partial charge in [-0.15, -0.1) is 0 Å². The number of benzene rings is 1. The van der Waals surface area contributed by atoms with Crippen LogP contribution in [0.5, 0.6) is 0 Å². The summed E-state index contributed by atoms with van der Waals surface area (Å²) in [6.45, 7) is 9.05. The average Bonchev–Trinajstić information content (AvgIpc) is 2.73. The summed E-state index contributed by atoms with van der Waals surface area (Å²) in [6.07, 6.45) is 1.12. The van der Waals surface area contributed by atoms with Crippen LogP contribution in [0.1, 0.15) is 23.1 Å². The predicted molar refractivity (Wildman–Crippen MR) is 74.9 cm³/mol. The van der Waals surface area contributed by atoms with Crippen molar-refractivity contribution in [1.29, 1.82) is 5.26 Å². The molecule has 0 aliphatic carbocycles. The van der Waals surface area contributed by atoms with E-state index < -0.39 is 0 Å². The van der Waals surface area contributed by atoms with Gasteiger partial charge in [-0.25, -0.2) is 0 Å². The summed E-state index contributed by atoms with van der Waals surface area (Å²) in [5.41, 5.74) is 5.41. The van der Waals surface area contributed by atoms with Gasteiger partial charge < -0.3 is 4.90 Å². The molecule has 0 aromatic heterocycles. The van der Waals surface area contributed by atoms with Crippen LogP contribution < -0.4 is 10.2 Å². The Kier molecular flexibility index (Phi) is 3.88. The van der Waals surface area contributed by atoms with Gasteiger partial charge in [0.05, 0.1) is 12.6 Å². The molecule has 3 nitrogen and oxygen atoms in total. The highest BCUT2D eigenvalue weighted by atomic mass is 15.2. The lowest BCUT2D eigenvalue weighted by molar-refractivity contribution is 0.591. The molecule has 0 amide bonds. The second-order valence-electron chi connectivity index (χ2n) is 5.22. The topological polar surface area (TPSA) is 39.1 Å². The van der Waals surface area contributed by atoms with Crippen molar-refractivity contribution in [2.24, 2.45) is 0 Å². The van der Waals surface area contributed by atoms with Crippen LogP contribution in [-0.4, -0.2) is 25.7 Å². The third kappa shape index (κ3) is 2.65. The molecule has 18 heavy (non-hydrogen) atoms. The Morgan fingerprint density at radius 3 is 2.61 bits per heavy atom. The van der Waals surface area contributed by atoms with E-state index in [9.17, 15) is 0 Å². The van der Waals surface area contributed by atoms with Crippen molar-refractivity contribution in [3.05, 3.63) is 28.8 Å². The Balaban J connectivity index is 2.12. The van der Waals surface area contributed by atoms with Crippen LogP contribution in [0.4, 0.5) is 5.69 Å². The van der Waals surface area contributed by atoms with E-state index in [1.807, 2.05) is 0 Å². The van der Waals surface area contributed by atoms with Crippen LogP contribution in [0, 0.1) is 32.1 Å². The van der Waals surface area contributed by atoms with Gasteiger partial charge in [0.25, 0.3) is 0 Å². The molecule has 1 aromatic rings. The van der Waals surface area contributed by atoms with E-state index in [1.54, 1.807) is 0 Å². The fourth-order valence-corrected chi connectivity index (χ4v) is 2.99. The monoisotopic (exact) mass is 243 g/mol. The number of rotatable bonds is 3. The number of hydrogen-bond donors (Lipinski definition) is 1. The zero-order valence-corrected chi connectivity index (χ0v) is 11.5. The fraction of sp³-hybridized carbons (Fsp3) is 0.533. The maximum absolute atomic E-state index is 8.60. The minimum Gasteiger partial charge on any atom is -0.369 e. The van der Waals surface area contributed by atoms with Crippen molar-refractivity contribution < 1.29 is 0 Å². The second-order valence-corrected chi connectivity index (χ2v) is 5.22. The highest BCUT2D eigenvalue weighted by molar-refractivity contribution is 5.61. The summed E-state index contributed by atoms with van der Waals surface area (Å²) >= 11 is 0. The molecule has 2 rings (SSSR count). The van der Waals surface area contributed by atoms with Crippen molar-refractivity contribution in [2.75, 3.05) is 24.5 Å². The van der Waals surface area contributed by atoms with Gasteiger partial charge in [-0.05, 0) is 38.3 Å². The van der Waals surface area contributed by atoms with Gasteiger partial charge in [-0.1, -0.05) is 17.7 Å². The lowest BCUT2D eigenvalue weighted by Gasteiger charge is -2.24. The molecule has 1 unspecified atom stereocenters. The first-order valence-corrected chi connectivity index (χ1v) is 6.55. The van der Waals surface area contributed by atoms with Crippen LogP contribution in [0.25, 0.3) is 0 Å². The van der Waals surface area contributed by atoms with E-state index in [0.717, 1.165) is 19.5 Å². The maximum atomic E-state index is 8.60. The molecule has 3 heteroatoms. The van der Waals surface area contributed by atoms with Crippen molar-refractivity contribution >= 4 is 5.69 Å². The molecule has 1 atom stereocenters.